The van der Waals surface area contributed by atoms with E-state index in [2.05, 4.69) is 15.1 Å². The number of hydrogen-bond acceptors (Lipinski definition) is 4. The number of rotatable bonds is 5. The average molecular weight is 512 g/mol. The zero-order chi connectivity index (χ0) is 27.2. The van der Waals surface area contributed by atoms with Crippen LogP contribution in [0.2, 0.25) is 0 Å². The molecule has 0 radical (unpaired) electrons. The van der Waals surface area contributed by atoms with Crippen molar-refractivity contribution in [3.05, 3.63) is 87.5 Å². The predicted molar refractivity (Wildman–Crippen MR) is 143 cm³/mol. The summed E-state index contributed by atoms with van der Waals surface area (Å²) in [5, 5.41) is 3.28. The van der Waals surface area contributed by atoms with Gasteiger partial charge in [-0.25, -0.2) is 6.57 Å². The molecule has 1 aromatic heterocycles. The summed E-state index contributed by atoms with van der Waals surface area (Å²) in [6, 6.07) is 13.4. The third kappa shape index (κ3) is 3.93. The summed E-state index contributed by atoms with van der Waals surface area (Å²) in [6.07, 6.45) is 1.06. The van der Waals surface area contributed by atoms with Gasteiger partial charge in [0, 0.05) is 36.4 Å². The molecule has 0 aliphatic carbocycles. The molecule has 5 rings (SSSR count). The first-order chi connectivity index (χ1) is 18.2. The molecule has 2 N–H and O–H groups in total. The number of anilines is 1. The van der Waals surface area contributed by atoms with E-state index >= 15 is 0 Å². The van der Waals surface area contributed by atoms with Gasteiger partial charge in [-0.2, -0.15) is 0 Å². The molecule has 194 valence electrons. The Morgan fingerprint density at radius 2 is 1.87 bits per heavy atom. The van der Waals surface area contributed by atoms with Gasteiger partial charge in [0.1, 0.15) is 17.0 Å². The predicted octanol–water partition coefficient (Wildman–Crippen LogP) is 3.38. The van der Waals surface area contributed by atoms with Gasteiger partial charge in [-0.3, -0.25) is 28.9 Å². The second-order valence-electron chi connectivity index (χ2n) is 10.5. The molecular formula is C29H29N5O4. The Kier molecular flexibility index (Phi) is 6.27. The monoisotopic (exact) mass is 511 g/mol. The summed E-state index contributed by atoms with van der Waals surface area (Å²) in [5.41, 5.74) is 0.603. The summed E-state index contributed by atoms with van der Waals surface area (Å²) in [7, 11) is 1.51. The maximum atomic E-state index is 14.1. The van der Waals surface area contributed by atoms with E-state index in [-0.39, 0.29) is 30.4 Å². The largest absolute Gasteiger partial charge is 0.360 e. The molecule has 1 spiro atoms. The average Bonchev–Trinajstić information content (AvgIpc) is 3.44. The van der Waals surface area contributed by atoms with Crippen molar-refractivity contribution in [2.24, 2.45) is 5.92 Å². The van der Waals surface area contributed by atoms with E-state index in [0.717, 1.165) is 5.56 Å². The highest BCUT2D eigenvalue weighted by Gasteiger charge is 2.59. The van der Waals surface area contributed by atoms with E-state index < -0.39 is 34.9 Å². The molecule has 3 aromatic rings. The molecule has 3 heterocycles. The summed E-state index contributed by atoms with van der Waals surface area (Å²) in [4.78, 5) is 63.3. The van der Waals surface area contributed by atoms with Gasteiger partial charge in [0.15, 0.2) is 0 Å². The van der Waals surface area contributed by atoms with Crippen LogP contribution in [0.3, 0.4) is 0 Å². The third-order valence-electron chi connectivity index (χ3n) is 7.67. The first kappa shape index (κ1) is 25.2. The molecule has 2 aliphatic rings. The van der Waals surface area contributed by atoms with E-state index in [4.69, 9.17) is 6.57 Å². The summed E-state index contributed by atoms with van der Waals surface area (Å²) < 4.78 is 0. The molecule has 2 aliphatic heterocycles. The van der Waals surface area contributed by atoms with Crippen LogP contribution < -0.4 is 10.7 Å². The highest BCUT2D eigenvalue weighted by atomic mass is 16.2. The van der Waals surface area contributed by atoms with Crippen molar-refractivity contribution in [2.45, 2.75) is 44.3 Å². The Morgan fingerprint density at radius 1 is 1.16 bits per heavy atom. The molecule has 9 nitrogen and oxygen atoms in total. The Balaban J connectivity index is 1.48. The lowest BCUT2D eigenvalue weighted by Crippen LogP contribution is -2.52. The number of aromatic nitrogens is 1. The van der Waals surface area contributed by atoms with Crippen LogP contribution in [0.15, 0.2) is 59.5 Å². The number of hydrogen-bond donors (Lipinski definition) is 2. The fraction of sp³-hybridized carbons (Fsp3) is 0.345. The number of benzene rings is 2. The first-order valence-electron chi connectivity index (χ1n) is 12.6. The van der Waals surface area contributed by atoms with Crippen molar-refractivity contribution in [3.63, 3.8) is 0 Å². The Labute approximate surface area is 220 Å². The quantitative estimate of drug-likeness (QED) is 0.512. The van der Waals surface area contributed by atoms with Crippen molar-refractivity contribution in [3.8, 4) is 0 Å². The molecule has 2 aromatic carbocycles. The Morgan fingerprint density at radius 3 is 2.61 bits per heavy atom. The summed E-state index contributed by atoms with van der Waals surface area (Å²) in [5.74, 6) is -1.15. The number of H-pyrrole nitrogens is 1. The fourth-order valence-electron chi connectivity index (χ4n) is 5.68. The van der Waals surface area contributed by atoms with E-state index in [1.165, 1.54) is 23.0 Å². The van der Waals surface area contributed by atoms with Crippen molar-refractivity contribution < 1.29 is 14.4 Å². The maximum Gasteiger partial charge on any atom is 0.302 e. The van der Waals surface area contributed by atoms with Gasteiger partial charge >= 0.3 is 6.17 Å². The lowest BCUT2D eigenvalue weighted by Gasteiger charge is -2.32. The third-order valence-corrected chi connectivity index (χ3v) is 7.67. The van der Waals surface area contributed by atoms with Crippen molar-refractivity contribution in [1.29, 1.82) is 0 Å². The van der Waals surface area contributed by atoms with Crippen LogP contribution >= 0.6 is 0 Å². The van der Waals surface area contributed by atoms with Gasteiger partial charge in [-0.1, -0.05) is 44.2 Å². The standard InChI is InChI=1S/C29H29N5O4/c1-17(2)13-23(33(4)26(36)19-15-31-21-11-7-5-9-18(21)25(19)35)27(37)34-16-29(14-24(34)30-3)20-10-6-8-12-22(20)32-28(29)38/h5-12,15,17,23-24H,13-14,16H2,1-2,4H3,(H,31,35)(H,32,38)/t23-,24-,29-/m0/s1. The van der Waals surface area contributed by atoms with Crippen LogP contribution in [-0.4, -0.2) is 58.3 Å². The van der Waals surface area contributed by atoms with Gasteiger partial charge < -0.3 is 15.2 Å². The molecule has 0 unspecified atom stereocenters. The minimum absolute atomic E-state index is 0.0487. The van der Waals surface area contributed by atoms with Gasteiger partial charge in [-0.15, -0.1) is 0 Å². The topological polar surface area (TPSA) is 107 Å². The smallest absolute Gasteiger partial charge is 0.302 e. The zero-order valence-corrected chi connectivity index (χ0v) is 21.5. The highest BCUT2D eigenvalue weighted by Crippen LogP contribution is 2.47. The molecule has 1 fully saturated rings. The molecule has 1 saturated heterocycles. The highest BCUT2D eigenvalue weighted by molar-refractivity contribution is 6.07. The van der Waals surface area contributed by atoms with Crippen LogP contribution in [0.1, 0.15) is 42.6 Å². The van der Waals surface area contributed by atoms with Crippen molar-refractivity contribution in [2.75, 3.05) is 18.9 Å². The number of carbonyl (C=O) groups excluding carboxylic acids is 3. The van der Waals surface area contributed by atoms with Crippen molar-refractivity contribution in [1.82, 2.24) is 14.8 Å². The van der Waals surface area contributed by atoms with E-state index in [1.54, 1.807) is 24.3 Å². The molecule has 0 bridgehead atoms. The second-order valence-corrected chi connectivity index (χ2v) is 10.5. The molecule has 9 heteroatoms. The number of nitrogens with zero attached hydrogens (tertiary/aromatic N) is 3. The van der Waals surface area contributed by atoms with Gasteiger partial charge in [-0.05, 0) is 36.1 Å². The lowest BCUT2D eigenvalue weighted by molar-refractivity contribution is -0.136. The van der Waals surface area contributed by atoms with Gasteiger partial charge in [0.2, 0.25) is 11.3 Å². The maximum absolute atomic E-state index is 14.1. The number of amides is 3. The number of fused-ring (bicyclic) bond motifs is 3. The number of likely N-dealkylation sites (tertiary alicyclic amines) is 1. The van der Waals surface area contributed by atoms with Crippen LogP contribution in [-0.2, 0) is 15.0 Å². The molecule has 3 amide bonds. The molecule has 0 saturated carbocycles. The SMILES string of the molecule is [C-]#[N+][C@@H]1C[C@@]2(CN1C(=O)[C@H](CC(C)C)N(C)C(=O)c1c[nH]c3ccccc3c1=O)C(=O)Nc1ccccc12. The number of nitrogens with one attached hydrogen (secondary N) is 2. The number of carbonyl (C=O) groups is 3. The second kappa shape index (κ2) is 9.45. The Hall–Kier alpha value is -4.45. The summed E-state index contributed by atoms with van der Waals surface area (Å²) in [6.45, 7) is 11.7. The van der Waals surface area contributed by atoms with Crippen LogP contribution in [0, 0.1) is 12.5 Å². The number of para-hydroxylation sites is 2. The molecule has 38 heavy (non-hydrogen) atoms. The minimum atomic E-state index is -1.01. The number of aromatic amines is 1. The fourth-order valence-corrected chi connectivity index (χ4v) is 5.68. The normalized spacial score (nSPS) is 20.9. The summed E-state index contributed by atoms with van der Waals surface area (Å²) >= 11 is 0. The number of likely N-dealkylation sites (N-methyl/N-ethyl adjacent to an activating group) is 1. The lowest BCUT2D eigenvalue weighted by atomic mass is 9.80. The minimum Gasteiger partial charge on any atom is -0.360 e. The van der Waals surface area contributed by atoms with E-state index in [9.17, 15) is 19.2 Å². The Bertz CT molecular complexity index is 1550. The zero-order valence-electron chi connectivity index (χ0n) is 21.5. The van der Waals surface area contributed by atoms with E-state index in [0.29, 0.717) is 23.0 Å². The molecular weight excluding hydrogens is 482 g/mol. The van der Waals surface area contributed by atoms with Gasteiger partial charge in [0.25, 0.3) is 11.8 Å². The van der Waals surface area contributed by atoms with Gasteiger partial charge in [0.05, 0.1) is 6.42 Å². The molecule has 3 atom stereocenters. The number of pyridine rings is 1. The first-order valence-corrected chi connectivity index (χ1v) is 12.6. The van der Waals surface area contributed by atoms with Crippen molar-refractivity contribution >= 4 is 34.3 Å². The van der Waals surface area contributed by atoms with E-state index in [1.807, 2.05) is 38.1 Å². The van der Waals surface area contributed by atoms with Crippen LogP contribution in [0.25, 0.3) is 15.7 Å². The van der Waals surface area contributed by atoms with Crippen LogP contribution in [0.5, 0.6) is 0 Å². The van der Waals surface area contributed by atoms with Crippen LogP contribution in [0.4, 0.5) is 5.69 Å².